The van der Waals surface area contributed by atoms with E-state index in [1.165, 1.54) is 0 Å². The zero-order chi connectivity index (χ0) is 12.1. The minimum Gasteiger partial charge on any atom is -0.375 e. The number of nitrogens with one attached hydrogen (secondary N) is 1. The molecule has 16 heavy (non-hydrogen) atoms. The molecule has 5 heteroatoms. The van der Waals surface area contributed by atoms with Crippen molar-refractivity contribution in [3.05, 3.63) is 11.4 Å². The highest BCUT2D eigenvalue weighted by atomic mass is 16.5. The summed E-state index contributed by atoms with van der Waals surface area (Å²) in [4.78, 5) is 0. The first-order valence-corrected chi connectivity index (χ1v) is 5.77. The van der Waals surface area contributed by atoms with Crippen LogP contribution in [0.4, 0.5) is 0 Å². The maximum Gasteiger partial charge on any atom is 0.102 e. The van der Waals surface area contributed by atoms with Gasteiger partial charge in [0.2, 0.25) is 0 Å². The van der Waals surface area contributed by atoms with Crippen LogP contribution in [0.2, 0.25) is 0 Å². The second-order valence-corrected chi connectivity index (χ2v) is 4.03. The van der Waals surface area contributed by atoms with Gasteiger partial charge in [-0.15, -0.1) is 5.10 Å². The Morgan fingerprint density at radius 3 is 2.62 bits per heavy atom. The van der Waals surface area contributed by atoms with Gasteiger partial charge >= 0.3 is 0 Å². The van der Waals surface area contributed by atoms with Gasteiger partial charge in [0.15, 0.2) is 0 Å². The fourth-order valence-electron chi connectivity index (χ4n) is 1.66. The monoisotopic (exact) mass is 226 g/mol. The summed E-state index contributed by atoms with van der Waals surface area (Å²) in [6.45, 7) is 7.03. The molecule has 2 unspecified atom stereocenters. The maximum absolute atomic E-state index is 5.39. The van der Waals surface area contributed by atoms with E-state index < -0.39 is 0 Å². The maximum atomic E-state index is 5.39. The molecule has 0 aromatic carbocycles. The Balaban J connectivity index is 3.08. The third-order valence-corrected chi connectivity index (χ3v) is 2.90. The molecule has 2 atom stereocenters. The molecule has 0 spiro atoms. The Kier molecular flexibility index (Phi) is 4.89. The summed E-state index contributed by atoms with van der Waals surface area (Å²) in [5.74, 6) is 0. The first-order valence-electron chi connectivity index (χ1n) is 5.77. The van der Waals surface area contributed by atoms with Gasteiger partial charge in [-0.3, -0.25) is 0 Å². The van der Waals surface area contributed by atoms with E-state index in [0.717, 1.165) is 24.4 Å². The molecule has 0 bridgehead atoms. The molecule has 1 heterocycles. The fourth-order valence-corrected chi connectivity index (χ4v) is 1.66. The predicted octanol–water partition coefficient (Wildman–Crippen LogP) is 1.68. The lowest BCUT2D eigenvalue weighted by Crippen LogP contribution is -2.15. The van der Waals surface area contributed by atoms with Crippen molar-refractivity contribution in [1.82, 2.24) is 20.3 Å². The lowest BCUT2D eigenvalue weighted by molar-refractivity contribution is 0.108. The number of rotatable bonds is 6. The molecule has 0 fully saturated rings. The third-order valence-electron chi connectivity index (χ3n) is 2.90. The average Bonchev–Trinajstić information content (AvgIpc) is 2.71. The molecule has 0 saturated carbocycles. The summed E-state index contributed by atoms with van der Waals surface area (Å²) in [6.07, 6.45) is 1.05. The number of methoxy groups -OCH3 is 1. The molecule has 0 saturated heterocycles. The van der Waals surface area contributed by atoms with Gasteiger partial charge in [-0.1, -0.05) is 12.1 Å². The van der Waals surface area contributed by atoms with Gasteiger partial charge in [-0.25, -0.2) is 4.68 Å². The van der Waals surface area contributed by atoms with Crippen molar-refractivity contribution < 1.29 is 4.74 Å². The topological polar surface area (TPSA) is 52.0 Å². The zero-order valence-corrected chi connectivity index (χ0v) is 10.8. The van der Waals surface area contributed by atoms with Crippen LogP contribution in [-0.2, 0) is 11.3 Å². The number of ether oxygens (including phenoxy) is 1. The Bertz CT molecular complexity index is 324. The largest absolute Gasteiger partial charge is 0.375 e. The van der Waals surface area contributed by atoms with Gasteiger partial charge in [0, 0.05) is 13.7 Å². The standard InChI is InChI=1S/C11H22N4O/c1-6-8(2)15-11(9(3)16-5)10(7-12-4)13-14-15/h8-9,12H,6-7H2,1-5H3. The highest BCUT2D eigenvalue weighted by molar-refractivity contribution is 5.13. The SMILES string of the molecule is CCC(C)n1nnc(CNC)c1C(C)OC. The van der Waals surface area contributed by atoms with Crippen LogP contribution in [0.3, 0.4) is 0 Å². The molecule has 1 N–H and O–H groups in total. The molecule has 0 amide bonds. The van der Waals surface area contributed by atoms with Crippen molar-refractivity contribution in [2.45, 2.75) is 45.9 Å². The molecule has 5 nitrogen and oxygen atoms in total. The lowest BCUT2D eigenvalue weighted by atomic mass is 10.2. The number of hydrogen-bond donors (Lipinski definition) is 1. The highest BCUT2D eigenvalue weighted by Crippen LogP contribution is 2.23. The quantitative estimate of drug-likeness (QED) is 0.801. The molecular weight excluding hydrogens is 204 g/mol. The van der Waals surface area contributed by atoms with Gasteiger partial charge in [0.25, 0.3) is 0 Å². The van der Waals surface area contributed by atoms with Crippen molar-refractivity contribution in [2.75, 3.05) is 14.2 Å². The van der Waals surface area contributed by atoms with Crippen LogP contribution in [-0.4, -0.2) is 29.2 Å². The number of aromatic nitrogens is 3. The van der Waals surface area contributed by atoms with Crippen LogP contribution in [0.15, 0.2) is 0 Å². The predicted molar refractivity (Wildman–Crippen MR) is 63.2 cm³/mol. The third kappa shape index (κ3) is 2.59. The van der Waals surface area contributed by atoms with Crippen molar-refractivity contribution in [1.29, 1.82) is 0 Å². The van der Waals surface area contributed by atoms with Crippen molar-refractivity contribution >= 4 is 0 Å². The van der Waals surface area contributed by atoms with E-state index in [0.29, 0.717) is 6.04 Å². The minimum absolute atomic E-state index is 0.0207. The molecule has 1 rings (SSSR count). The van der Waals surface area contributed by atoms with Crippen LogP contribution in [0, 0.1) is 0 Å². The second kappa shape index (κ2) is 5.96. The number of nitrogens with zero attached hydrogens (tertiary/aromatic N) is 3. The average molecular weight is 226 g/mol. The molecule has 0 aliphatic heterocycles. The summed E-state index contributed by atoms with van der Waals surface area (Å²) in [6, 6.07) is 0.353. The summed E-state index contributed by atoms with van der Waals surface area (Å²) < 4.78 is 7.36. The van der Waals surface area contributed by atoms with Crippen molar-refractivity contribution in [3.63, 3.8) is 0 Å². The van der Waals surface area contributed by atoms with Crippen molar-refractivity contribution in [2.24, 2.45) is 0 Å². The molecular formula is C11H22N4O. The Hall–Kier alpha value is -0.940. The normalized spacial score (nSPS) is 15.1. The summed E-state index contributed by atoms with van der Waals surface area (Å²) >= 11 is 0. The van der Waals surface area contributed by atoms with Crippen molar-refractivity contribution in [3.8, 4) is 0 Å². The fraction of sp³-hybridized carbons (Fsp3) is 0.818. The minimum atomic E-state index is 0.0207. The molecule has 0 radical (unpaired) electrons. The Labute approximate surface area is 97.2 Å². The lowest BCUT2D eigenvalue weighted by Gasteiger charge is -2.17. The first kappa shape index (κ1) is 13.1. The number of hydrogen-bond acceptors (Lipinski definition) is 4. The zero-order valence-electron chi connectivity index (χ0n) is 10.8. The van der Waals surface area contributed by atoms with Gasteiger partial charge in [-0.2, -0.15) is 0 Å². The second-order valence-electron chi connectivity index (χ2n) is 4.03. The van der Waals surface area contributed by atoms with E-state index >= 15 is 0 Å². The van der Waals surface area contributed by atoms with Crippen LogP contribution in [0.5, 0.6) is 0 Å². The molecule has 92 valence electrons. The summed E-state index contributed by atoms with van der Waals surface area (Å²) in [7, 11) is 3.62. The van der Waals surface area contributed by atoms with E-state index in [-0.39, 0.29) is 6.10 Å². The molecule has 1 aromatic heterocycles. The first-order chi connectivity index (χ1) is 7.65. The van der Waals surface area contributed by atoms with Crippen LogP contribution in [0.25, 0.3) is 0 Å². The van der Waals surface area contributed by atoms with E-state index in [1.54, 1.807) is 7.11 Å². The Morgan fingerprint density at radius 1 is 1.44 bits per heavy atom. The summed E-state index contributed by atoms with van der Waals surface area (Å²) in [5, 5.41) is 11.5. The van der Waals surface area contributed by atoms with E-state index in [1.807, 2.05) is 18.7 Å². The van der Waals surface area contributed by atoms with Crippen LogP contribution in [0.1, 0.15) is 50.7 Å². The van der Waals surface area contributed by atoms with E-state index in [9.17, 15) is 0 Å². The van der Waals surface area contributed by atoms with Gasteiger partial charge in [-0.05, 0) is 27.3 Å². The smallest absolute Gasteiger partial charge is 0.102 e. The molecule has 0 aliphatic carbocycles. The van der Waals surface area contributed by atoms with Gasteiger partial charge in [0.05, 0.1) is 17.8 Å². The van der Waals surface area contributed by atoms with E-state index in [2.05, 4.69) is 29.5 Å². The van der Waals surface area contributed by atoms with Crippen LogP contribution < -0.4 is 5.32 Å². The molecule has 0 aliphatic rings. The van der Waals surface area contributed by atoms with Gasteiger partial charge < -0.3 is 10.1 Å². The summed E-state index contributed by atoms with van der Waals surface area (Å²) in [5.41, 5.74) is 2.04. The highest BCUT2D eigenvalue weighted by Gasteiger charge is 2.20. The van der Waals surface area contributed by atoms with E-state index in [4.69, 9.17) is 4.74 Å². The van der Waals surface area contributed by atoms with Crippen LogP contribution >= 0.6 is 0 Å². The van der Waals surface area contributed by atoms with Gasteiger partial charge in [0.1, 0.15) is 5.69 Å². The Morgan fingerprint density at radius 2 is 2.12 bits per heavy atom. The molecule has 1 aromatic rings.